The molecule has 18 heavy (non-hydrogen) atoms. The van der Waals surface area contributed by atoms with Gasteiger partial charge in [-0.2, -0.15) is 13.2 Å². The summed E-state index contributed by atoms with van der Waals surface area (Å²) in [5.74, 6) is -2.18. The van der Waals surface area contributed by atoms with Crippen LogP contribution in [0.4, 0.5) is 17.6 Å². The van der Waals surface area contributed by atoms with Crippen LogP contribution in [0.3, 0.4) is 0 Å². The van der Waals surface area contributed by atoms with Gasteiger partial charge >= 0.3 is 12.1 Å². The van der Waals surface area contributed by atoms with Crippen molar-refractivity contribution < 1.29 is 27.1 Å². The molecule has 1 aromatic rings. The van der Waals surface area contributed by atoms with E-state index >= 15 is 0 Å². The Hall–Kier alpha value is -1.56. The zero-order valence-electron chi connectivity index (χ0n) is 9.07. The highest BCUT2D eigenvalue weighted by Crippen LogP contribution is 2.37. The first kappa shape index (κ1) is 14.5. The lowest BCUT2D eigenvalue weighted by Crippen LogP contribution is -2.15. The number of halogens is 5. The van der Waals surface area contributed by atoms with Gasteiger partial charge < -0.3 is 4.74 Å². The molecule has 0 amide bonds. The second-order valence-corrected chi connectivity index (χ2v) is 3.63. The molecule has 7 heteroatoms. The number of hydrogen-bond donors (Lipinski definition) is 0. The van der Waals surface area contributed by atoms with Gasteiger partial charge in [-0.05, 0) is 6.07 Å². The smallest absolute Gasteiger partial charge is 0.416 e. The van der Waals surface area contributed by atoms with Gasteiger partial charge in [0.15, 0.2) is 0 Å². The molecule has 1 rings (SSSR count). The van der Waals surface area contributed by atoms with Crippen LogP contribution in [0.2, 0.25) is 5.02 Å². The van der Waals surface area contributed by atoms with Crippen LogP contribution in [0.1, 0.15) is 15.9 Å². The minimum atomic E-state index is -4.76. The van der Waals surface area contributed by atoms with Crippen LogP contribution in [0.25, 0.3) is 5.57 Å². The molecule has 1 aromatic carbocycles. The fourth-order valence-electron chi connectivity index (χ4n) is 1.26. The van der Waals surface area contributed by atoms with Crippen LogP contribution in [-0.2, 0) is 4.74 Å². The first-order chi connectivity index (χ1) is 8.20. The Balaban J connectivity index is 3.51. The molecule has 0 spiro atoms. The zero-order chi connectivity index (χ0) is 14.1. The number of allylic oxidation sites excluding steroid dienone is 1. The Morgan fingerprint density at radius 1 is 1.39 bits per heavy atom. The molecule has 0 saturated heterocycles. The molecule has 0 aliphatic carbocycles. The maximum Gasteiger partial charge on any atom is 0.416 e. The molecule has 0 radical (unpaired) electrons. The molecule has 0 heterocycles. The van der Waals surface area contributed by atoms with Crippen molar-refractivity contribution in [3.8, 4) is 0 Å². The number of alkyl halides is 3. The third kappa shape index (κ3) is 2.64. The molecular weight excluding hydrogens is 276 g/mol. The van der Waals surface area contributed by atoms with Gasteiger partial charge in [-0.3, -0.25) is 0 Å². The molecule has 0 N–H and O–H groups in total. The summed E-state index contributed by atoms with van der Waals surface area (Å²) in [7, 11) is 0.948. The van der Waals surface area contributed by atoms with Crippen molar-refractivity contribution >= 4 is 23.1 Å². The molecule has 0 unspecified atom stereocenters. The molecule has 0 bridgehead atoms. The predicted molar refractivity (Wildman–Crippen MR) is 57.8 cm³/mol. The number of methoxy groups -OCH3 is 1. The van der Waals surface area contributed by atoms with E-state index in [4.69, 9.17) is 11.6 Å². The molecule has 0 aliphatic rings. The van der Waals surface area contributed by atoms with E-state index in [2.05, 4.69) is 11.3 Å². The van der Waals surface area contributed by atoms with E-state index in [9.17, 15) is 22.4 Å². The fraction of sp³-hybridized carbons (Fsp3) is 0.182. The Kier molecular flexibility index (Phi) is 4.01. The topological polar surface area (TPSA) is 26.3 Å². The SMILES string of the molecule is C=C(c1ccc(F)c(Cl)c1C(=O)OC)C(F)(F)F. The van der Waals surface area contributed by atoms with Gasteiger partial charge in [-0.15, -0.1) is 0 Å². The zero-order valence-corrected chi connectivity index (χ0v) is 9.82. The standard InChI is InChI=1S/C11H7ClF4O2/c1-5(11(14,15)16)6-3-4-7(13)9(12)8(6)10(17)18-2/h3-4H,1H2,2H3. The summed E-state index contributed by atoms with van der Waals surface area (Å²) in [6, 6.07) is 1.50. The van der Waals surface area contributed by atoms with E-state index in [1.807, 2.05) is 0 Å². The predicted octanol–water partition coefficient (Wildman–Crippen LogP) is 3.84. The summed E-state index contributed by atoms with van der Waals surface area (Å²) in [6.45, 7) is 2.83. The van der Waals surface area contributed by atoms with Crippen LogP contribution >= 0.6 is 11.6 Å². The number of esters is 1. The van der Waals surface area contributed by atoms with Crippen molar-refractivity contribution in [2.24, 2.45) is 0 Å². The van der Waals surface area contributed by atoms with Gasteiger partial charge in [0.05, 0.1) is 23.3 Å². The molecule has 98 valence electrons. The van der Waals surface area contributed by atoms with Crippen molar-refractivity contribution in [3.63, 3.8) is 0 Å². The maximum atomic E-state index is 13.2. The first-order valence-electron chi connectivity index (χ1n) is 4.53. The second-order valence-electron chi connectivity index (χ2n) is 3.25. The highest BCUT2D eigenvalue weighted by atomic mass is 35.5. The number of ether oxygens (including phenoxy) is 1. The van der Waals surface area contributed by atoms with E-state index in [-0.39, 0.29) is 0 Å². The molecular formula is C11H7ClF4O2. The van der Waals surface area contributed by atoms with Crippen LogP contribution < -0.4 is 0 Å². The number of carbonyl (C=O) groups excluding carboxylic acids is 1. The lowest BCUT2D eigenvalue weighted by molar-refractivity contribution is -0.0686. The minimum absolute atomic E-state index is 0.610. The Morgan fingerprint density at radius 2 is 1.94 bits per heavy atom. The van der Waals surface area contributed by atoms with E-state index in [0.717, 1.165) is 19.2 Å². The minimum Gasteiger partial charge on any atom is -0.465 e. The molecule has 0 aromatic heterocycles. The average Bonchev–Trinajstić information content (AvgIpc) is 2.29. The summed E-state index contributed by atoms with van der Waals surface area (Å²) in [5.41, 5.74) is -2.60. The van der Waals surface area contributed by atoms with E-state index < -0.39 is 39.7 Å². The molecule has 0 saturated carbocycles. The highest BCUT2D eigenvalue weighted by Gasteiger charge is 2.36. The van der Waals surface area contributed by atoms with E-state index in [1.54, 1.807) is 0 Å². The number of benzene rings is 1. The van der Waals surface area contributed by atoms with Gasteiger partial charge in [0.1, 0.15) is 5.82 Å². The second kappa shape index (κ2) is 4.97. The Labute approximate surface area is 105 Å². The van der Waals surface area contributed by atoms with Gasteiger partial charge in [-0.25, -0.2) is 9.18 Å². The van der Waals surface area contributed by atoms with Crippen LogP contribution in [0.5, 0.6) is 0 Å². The number of hydrogen-bond acceptors (Lipinski definition) is 2. The summed E-state index contributed by atoms with van der Waals surface area (Å²) >= 11 is 5.48. The monoisotopic (exact) mass is 282 g/mol. The van der Waals surface area contributed by atoms with Crippen molar-refractivity contribution in [1.29, 1.82) is 0 Å². The van der Waals surface area contributed by atoms with Crippen LogP contribution in [0, 0.1) is 5.82 Å². The van der Waals surface area contributed by atoms with Crippen molar-refractivity contribution in [2.75, 3.05) is 7.11 Å². The third-order valence-electron chi connectivity index (χ3n) is 2.15. The fourth-order valence-corrected chi connectivity index (χ4v) is 1.50. The quantitative estimate of drug-likeness (QED) is 0.608. The largest absolute Gasteiger partial charge is 0.465 e. The van der Waals surface area contributed by atoms with Gasteiger partial charge in [-0.1, -0.05) is 24.2 Å². The highest BCUT2D eigenvalue weighted by molar-refractivity contribution is 6.34. The van der Waals surface area contributed by atoms with Crippen molar-refractivity contribution in [1.82, 2.24) is 0 Å². The van der Waals surface area contributed by atoms with Gasteiger partial charge in [0, 0.05) is 5.56 Å². The lowest BCUT2D eigenvalue weighted by atomic mass is 10.00. The average molecular weight is 283 g/mol. The molecule has 0 aliphatic heterocycles. The van der Waals surface area contributed by atoms with Crippen molar-refractivity contribution in [2.45, 2.75) is 6.18 Å². The molecule has 0 fully saturated rings. The summed E-state index contributed by atoms with van der Waals surface area (Å²) < 4.78 is 55.0. The van der Waals surface area contributed by atoms with Crippen LogP contribution in [-0.4, -0.2) is 19.3 Å². The molecule has 0 atom stereocenters. The van der Waals surface area contributed by atoms with Crippen LogP contribution in [0.15, 0.2) is 18.7 Å². The molecule has 2 nitrogen and oxygen atoms in total. The first-order valence-corrected chi connectivity index (χ1v) is 4.90. The van der Waals surface area contributed by atoms with Crippen molar-refractivity contribution in [3.05, 3.63) is 40.7 Å². The summed E-state index contributed by atoms with van der Waals surface area (Å²) in [6.07, 6.45) is -4.76. The summed E-state index contributed by atoms with van der Waals surface area (Å²) in [4.78, 5) is 11.4. The number of rotatable bonds is 2. The number of carbonyl (C=O) groups is 1. The Bertz CT molecular complexity index is 509. The van der Waals surface area contributed by atoms with E-state index in [0.29, 0.717) is 0 Å². The maximum absolute atomic E-state index is 13.2. The normalized spacial score (nSPS) is 11.2. The van der Waals surface area contributed by atoms with E-state index in [1.165, 1.54) is 0 Å². The van der Waals surface area contributed by atoms with Gasteiger partial charge in [0.2, 0.25) is 0 Å². The third-order valence-corrected chi connectivity index (χ3v) is 2.52. The van der Waals surface area contributed by atoms with Gasteiger partial charge in [0.25, 0.3) is 0 Å². The summed E-state index contributed by atoms with van der Waals surface area (Å²) in [5, 5.41) is -0.732. The lowest BCUT2D eigenvalue weighted by Gasteiger charge is -2.14. The Morgan fingerprint density at radius 3 is 2.39 bits per heavy atom.